The van der Waals surface area contributed by atoms with E-state index in [1.807, 2.05) is 49.4 Å². The fourth-order valence-electron chi connectivity index (χ4n) is 3.65. The quantitative estimate of drug-likeness (QED) is 0.708. The third kappa shape index (κ3) is 3.80. The van der Waals surface area contributed by atoms with E-state index in [-0.39, 0.29) is 5.91 Å². The summed E-state index contributed by atoms with van der Waals surface area (Å²) in [6.07, 6.45) is 3.79. The molecule has 3 aromatic rings. The van der Waals surface area contributed by atoms with E-state index < -0.39 is 0 Å². The van der Waals surface area contributed by atoms with E-state index in [0.717, 1.165) is 41.1 Å². The summed E-state index contributed by atoms with van der Waals surface area (Å²) in [4.78, 5) is 19.7. The lowest BCUT2D eigenvalue weighted by atomic mass is 10.1. The van der Waals surface area contributed by atoms with Crippen LogP contribution in [0.1, 0.15) is 40.7 Å². The molecule has 1 saturated heterocycles. The third-order valence-electron chi connectivity index (χ3n) is 5.25. The van der Waals surface area contributed by atoms with E-state index in [2.05, 4.69) is 23.2 Å². The Morgan fingerprint density at radius 2 is 1.70 bits per heavy atom. The van der Waals surface area contributed by atoms with Crippen molar-refractivity contribution in [2.45, 2.75) is 33.1 Å². The van der Waals surface area contributed by atoms with Crippen molar-refractivity contribution in [2.24, 2.45) is 0 Å². The van der Waals surface area contributed by atoms with Gasteiger partial charge >= 0.3 is 0 Å². The molecule has 2 heterocycles. The molecule has 1 aromatic heterocycles. The summed E-state index contributed by atoms with van der Waals surface area (Å²) in [7, 11) is 0. The second-order valence-corrected chi connectivity index (χ2v) is 7.40. The number of nitrogens with one attached hydrogen (secondary N) is 1. The van der Waals surface area contributed by atoms with E-state index in [0.29, 0.717) is 5.56 Å². The number of carbonyl (C=O) groups is 1. The Hall–Kier alpha value is -2.88. The lowest BCUT2D eigenvalue weighted by Gasteiger charge is -2.28. The standard InChI is InChI=1S/C23H25N3O/c1-16-6-8-18(9-7-16)23(27)24-19-10-11-21-20(15-19)17(2)14-22(25-21)26-12-4-3-5-13-26/h6-11,14-15H,3-5,12-13H2,1-2H3,(H,24,27). The van der Waals surface area contributed by atoms with Crippen molar-refractivity contribution in [3.63, 3.8) is 0 Å². The number of amides is 1. The molecule has 1 amide bonds. The molecule has 1 fully saturated rings. The summed E-state index contributed by atoms with van der Waals surface area (Å²) in [5.41, 5.74) is 4.76. The topological polar surface area (TPSA) is 45.2 Å². The van der Waals surface area contributed by atoms with Gasteiger partial charge in [0.05, 0.1) is 5.52 Å². The van der Waals surface area contributed by atoms with Crippen molar-refractivity contribution in [1.82, 2.24) is 4.98 Å². The number of hydrogen-bond acceptors (Lipinski definition) is 3. The maximum atomic E-state index is 12.5. The molecule has 0 saturated carbocycles. The number of aromatic nitrogens is 1. The van der Waals surface area contributed by atoms with Gasteiger partial charge in [-0.15, -0.1) is 0 Å². The Morgan fingerprint density at radius 1 is 0.963 bits per heavy atom. The number of nitrogens with zero attached hydrogens (tertiary/aromatic N) is 2. The normalized spacial score (nSPS) is 14.4. The largest absolute Gasteiger partial charge is 0.357 e. The molecular formula is C23H25N3O. The highest BCUT2D eigenvalue weighted by Crippen LogP contribution is 2.27. The minimum Gasteiger partial charge on any atom is -0.357 e. The predicted octanol–water partition coefficient (Wildman–Crippen LogP) is 5.09. The summed E-state index contributed by atoms with van der Waals surface area (Å²) in [5.74, 6) is 0.973. The maximum Gasteiger partial charge on any atom is 0.255 e. The van der Waals surface area contributed by atoms with E-state index in [1.165, 1.54) is 24.8 Å². The summed E-state index contributed by atoms with van der Waals surface area (Å²) in [5, 5.41) is 4.08. The number of rotatable bonds is 3. The fraction of sp³-hybridized carbons (Fsp3) is 0.304. The minimum absolute atomic E-state index is 0.0927. The smallest absolute Gasteiger partial charge is 0.255 e. The van der Waals surface area contributed by atoms with Crippen LogP contribution in [0.2, 0.25) is 0 Å². The molecule has 138 valence electrons. The molecule has 27 heavy (non-hydrogen) atoms. The molecule has 0 bridgehead atoms. The fourth-order valence-corrected chi connectivity index (χ4v) is 3.65. The summed E-state index contributed by atoms with van der Waals surface area (Å²) < 4.78 is 0. The Labute approximate surface area is 160 Å². The Morgan fingerprint density at radius 3 is 2.44 bits per heavy atom. The summed E-state index contributed by atoms with van der Waals surface area (Å²) >= 11 is 0. The zero-order chi connectivity index (χ0) is 18.8. The zero-order valence-corrected chi connectivity index (χ0v) is 16.0. The number of piperidine rings is 1. The van der Waals surface area contributed by atoms with Crippen molar-refractivity contribution >= 4 is 28.3 Å². The van der Waals surface area contributed by atoms with Gasteiger partial charge in [-0.2, -0.15) is 0 Å². The van der Waals surface area contributed by atoms with E-state index in [9.17, 15) is 4.79 Å². The Bertz CT molecular complexity index is 973. The molecule has 4 heteroatoms. The zero-order valence-electron chi connectivity index (χ0n) is 16.0. The van der Waals surface area contributed by atoms with Crippen LogP contribution < -0.4 is 10.2 Å². The Kier molecular flexibility index (Phi) is 4.80. The second-order valence-electron chi connectivity index (χ2n) is 7.40. The van der Waals surface area contributed by atoms with Gasteiger partial charge in [-0.25, -0.2) is 4.98 Å². The van der Waals surface area contributed by atoms with Crippen LogP contribution in [0.25, 0.3) is 10.9 Å². The van der Waals surface area contributed by atoms with Crippen molar-refractivity contribution in [3.05, 3.63) is 65.2 Å². The van der Waals surface area contributed by atoms with Gasteiger partial charge in [0.1, 0.15) is 5.82 Å². The third-order valence-corrected chi connectivity index (χ3v) is 5.25. The highest BCUT2D eigenvalue weighted by atomic mass is 16.1. The molecule has 1 aliphatic rings. The van der Waals surface area contributed by atoms with Crippen LogP contribution in [0.3, 0.4) is 0 Å². The van der Waals surface area contributed by atoms with E-state index in [4.69, 9.17) is 4.98 Å². The van der Waals surface area contributed by atoms with Crippen molar-refractivity contribution < 1.29 is 4.79 Å². The number of pyridine rings is 1. The monoisotopic (exact) mass is 359 g/mol. The summed E-state index contributed by atoms with van der Waals surface area (Å²) in [6, 6.07) is 15.7. The van der Waals surface area contributed by atoms with E-state index in [1.54, 1.807) is 0 Å². The number of aryl methyl sites for hydroxylation is 2. The second kappa shape index (κ2) is 7.39. The first-order valence-corrected chi connectivity index (χ1v) is 9.64. The first kappa shape index (κ1) is 17.5. The SMILES string of the molecule is Cc1ccc(C(=O)Nc2ccc3nc(N4CCCCC4)cc(C)c3c2)cc1. The highest BCUT2D eigenvalue weighted by Gasteiger charge is 2.14. The van der Waals surface area contributed by atoms with Gasteiger partial charge in [-0.05, 0) is 75.1 Å². The van der Waals surface area contributed by atoms with Crippen molar-refractivity contribution in [3.8, 4) is 0 Å². The predicted molar refractivity (Wildman–Crippen MR) is 112 cm³/mol. The minimum atomic E-state index is -0.0927. The van der Waals surface area contributed by atoms with Crippen molar-refractivity contribution in [2.75, 3.05) is 23.3 Å². The lowest BCUT2D eigenvalue weighted by Crippen LogP contribution is -2.30. The van der Waals surface area contributed by atoms with Crippen LogP contribution in [0, 0.1) is 13.8 Å². The molecule has 0 radical (unpaired) electrons. The summed E-state index contributed by atoms with van der Waals surface area (Å²) in [6.45, 7) is 6.30. The number of carbonyl (C=O) groups excluding carboxylic acids is 1. The molecule has 0 spiro atoms. The average Bonchev–Trinajstić information content (AvgIpc) is 2.69. The van der Waals surface area contributed by atoms with Gasteiger partial charge in [-0.1, -0.05) is 17.7 Å². The van der Waals surface area contributed by atoms with Crippen LogP contribution in [0.5, 0.6) is 0 Å². The van der Waals surface area contributed by atoms with E-state index >= 15 is 0 Å². The number of hydrogen-bond donors (Lipinski definition) is 1. The molecule has 4 rings (SSSR count). The molecule has 0 atom stereocenters. The molecule has 0 unspecified atom stereocenters. The van der Waals surface area contributed by atoms with Crippen LogP contribution in [-0.2, 0) is 0 Å². The molecular weight excluding hydrogens is 334 g/mol. The molecule has 2 aromatic carbocycles. The van der Waals surface area contributed by atoms with Crippen LogP contribution in [0.4, 0.5) is 11.5 Å². The molecule has 4 nitrogen and oxygen atoms in total. The van der Waals surface area contributed by atoms with Crippen LogP contribution in [-0.4, -0.2) is 24.0 Å². The molecule has 1 N–H and O–H groups in total. The van der Waals surface area contributed by atoms with Crippen LogP contribution in [0.15, 0.2) is 48.5 Å². The van der Waals surface area contributed by atoms with Crippen molar-refractivity contribution in [1.29, 1.82) is 0 Å². The highest BCUT2D eigenvalue weighted by molar-refractivity contribution is 6.05. The van der Waals surface area contributed by atoms with Gasteiger partial charge in [0, 0.05) is 29.7 Å². The maximum absolute atomic E-state index is 12.5. The van der Waals surface area contributed by atoms with Crippen LogP contribution >= 0.6 is 0 Å². The molecule has 1 aliphatic heterocycles. The molecule has 0 aliphatic carbocycles. The first-order valence-electron chi connectivity index (χ1n) is 9.64. The first-order chi connectivity index (χ1) is 13.1. The van der Waals surface area contributed by atoms with Gasteiger partial charge in [0.25, 0.3) is 5.91 Å². The van der Waals surface area contributed by atoms with Gasteiger partial charge in [0.2, 0.25) is 0 Å². The number of benzene rings is 2. The number of fused-ring (bicyclic) bond motifs is 1. The lowest BCUT2D eigenvalue weighted by molar-refractivity contribution is 0.102. The Balaban J connectivity index is 1.59. The number of anilines is 2. The van der Waals surface area contributed by atoms with Gasteiger partial charge < -0.3 is 10.2 Å². The average molecular weight is 359 g/mol. The van der Waals surface area contributed by atoms with Gasteiger partial charge in [0.15, 0.2) is 0 Å². The van der Waals surface area contributed by atoms with Gasteiger partial charge in [-0.3, -0.25) is 4.79 Å².